The monoisotopic (exact) mass is 260 g/mol. The van der Waals surface area contributed by atoms with Crippen LogP contribution in [0.25, 0.3) is 0 Å². The van der Waals surface area contributed by atoms with Gasteiger partial charge in [-0.05, 0) is 29.8 Å². The average Bonchev–Trinajstić information content (AvgIpc) is 2.91. The molecule has 0 spiro atoms. The van der Waals surface area contributed by atoms with Crippen molar-refractivity contribution >= 4 is 5.84 Å². The summed E-state index contributed by atoms with van der Waals surface area (Å²) >= 11 is 0. The van der Waals surface area contributed by atoms with Gasteiger partial charge in [0.1, 0.15) is 24.0 Å². The first kappa shape index (κ1) is 13.2. The van der Waals surface area contributed by atoms with Crippen molar-refractivity contribution in [3.63, 3.8) is 0 Å². The molecule has 0 fully saturated rings. The van der Waals surface area contributed by atoms with Crippen LogP contribution in [0.3, 0.4) is 0 Å². The number of nitrogens with two attached hydrogens (primary N) is 1. The molecule has 0 atom stereocenters. The molecule has 2 aromatic rings. The molecule has 0 unspecified atom stereocenters. The molecular weight excluding hydrogens is 244 g/mol. The number of ether oxygens (including phenoxy) is 2. The summed E-state index contributed by atoms with van der Waals surface area (Å²) in [5, 5.41) is 7.51. The predicted octanol–water partition coefficient (Wildman–Crippen LogP) is 2.29. The van der Waals surface area contributed by atoms with Gasteiger partial charge in [-0.1, -0.05) is 6.07 Å². The third-order valence-corrected chi connectivity index (χ3v) is 2.65. The number of nitrogens with one attached hydrogen (secondary N) is 1. The van der Waals surface area contributed by atoms with Crippen LogP contribution in [-0.2, 0) is 18.0 Å². The maximum Gasteiger partial charge on any atom is 0.129 e. The number of rotatable bonds is 6. The molecule has 1 aromatic carbocycles. The molecular formula is C14H16N2O3. The van der Waals surface area contributed by atoms with Crippen molar-refractivity contribution in [2.24, 2.45) is 5.73 Å². The molecule has 0 aliphatic rings. The largest absolute Gasteiger partial charge is 0.496 e. The van der Waals surface area contributed by atoms with E-state index in [1.54, 1.807) is 25.5 Å². The third-order valence-electron chi connectivity index (χ3n) is 2.65. The van der Waals surface area contributed by atoms with E-state index in [1.165, 1.54) is 0 Å². The molecule has 2 rings (SSSR count). The molecule has 1 aromatic heterocycles. The van der Waals surface area contributed by atoms with Crippen LogP contribution in [0.2, 0.25) is 0 Å². The minimum absolute atomic E-state index is 0.0234. The van der Waals surface area contributed by atoms with Gasteiger partial charge in [-0.3, -0.25) is 5.41 Å². The number of furan rings is 1. The van der Waals surface area contributed by atoms with Gasteiger partial charge in [0.05, 0.1) is 25.5 Å². The molecule has 0 saturated heterocycles. The zero-order valence-corrected chi connectivity index (χ0v) is 10.7. The normalized spacial score (nSPS) is 10.4. The first-order chi connectivity index (χ1) is 9.20. The zero-order chi connectivity index (χ0) is 13.7. The van der Waals surface area contributed by atoms with Crippen molar-refractivity contribution in [2.75, 3.05) is 7.11 Å². The van der Waals surface area contributed by atoms with E-state index < -0.39 is 0 Å². The molecule has 19 heavy (non-hydrogen) atoms. The van der Waals surface area contributed by atoms with E-state index in [0.29, 0.717) is 24.5 Å². The van der Waals surface area contributed by atoms with E-state index in [0.717, 1.165) is 11.3 Å². The van der Waals surface area contributed by atoms with Crippen LogP contribution in [0.4, 0.5) is 0 Å². The summed E-state index contributed by atoms with van der Waals surface area (Å²) in [4.78, 5) is 0. The van der Waals surface area contributed by atoms with Gasteiger partial charge >= 0.3 is 0 Å². The maximum atomic E-state index is 7.51. The summed E-state index contributed by atoms with van der Waals surface area (Å²) in [6.07, 6.45) is 1.61. The van der Waals surface area contributed by atoms with Gasteiger partial charge in [-0.2, -0.15) is 0 Å². The Labute approximate surface area is 111 Å². The highest BCUT2D eigenvalue weighted by Crippen LogP contribution is 2.20. The average molecular weight is 260 g/mol. The van der Waals surface area contributed by atoms with Crippen LogP contribution in [0.1, 0.15) is 16.9 Å². The number of hydrogen-bond acceptors (Lipinski definition) is 4. The summed E-state index contributed by atoms with van der Waals surface area (Å²) < 4.78 is 15.8. The SMILES string of the molecule is COc1ccc(COCc2ccco2)cc1C(=N)N. The number of nitrogen functional groups attached to an aromatic ring is 1. The molecule has 0 saturated carbocycles. The van der Waals surface area contributed by atoms with Gasteiger partial charge in [-0.15, -0.1) is 0 Å². The smallest absolute Gasteiger partial charge is 0.129 e. The highest BCUT2D eigenvalue weighted by atomic mass is 16.5. The molecule has 5 heteroatoms. The lowest BCUT2D eigenvalue weighted by Crippen LogP contribution is -2.13. The van der Waals surface area contributed by atoms with Gasteiger partial charge in [0.15, 0.2) is 0 Å². The van der Waals surface area contributed by atoms with E-state index in [4.69, 9.17) is 25.0 Å². The van der Waals surface area contributed by atoms with Gasteiger partial charge < -0.3 is 19.6 Å². The van der Waals surface area contributed by atoms with Crippen molar-refractivity contribution < 1.29 is 13.9 Å². The fraction of sp³-hybridized carbons (Fsp3) is 0.214. The Morgan fingerprint density at radius 1 is 1.32 bits per heavy atom. The fourth-order valence-electron chi connectivity index (χ4n) is 1.72. The lowest BCUT2D eigenvalue weighted by molar-refractivity contribution is 0.0929. The standard InChI is InChI=1S/C14H16N2O3/c1-17-13-5-4-10(7-12(13)14(15)16)8-18-9-11-3-2-6-19-11/h2-7H,8-9H2,1H3,(H3,15,16). The van der Waals surface area contributed by atoms with Gasteiger partial charge in [-0.25, -0.2) is 0 Å². The minimum atomic E-state index is -0.0234. The Morgan fingerprint density at radius 2 is 2.16 bits per heavy atom. The van der Waals surface area contributed by atoms with Gasteiger partial charge in [0.2, 0.25) is 0 Å². The number of hydrogen-bond donors (Lipinski definition) is 2. The topological polar surface area (TPSA) is 81.5 Å². The lowest BCUT2D eigenvalue weighted by Gasteiger charge is -2.09. The number of benzene rings is 1. The summed E-state index contributed by atoms with van der Waals surface area (Å²) in [7, 11) is 1.55. The van der Waals surface area contributed by atoms with Crippen LogP contribution >= 0.6 is 0 Å². The summed E-state index contributed by atoms with van der Waals surface area (Å²) in [6.45, 7) is 0.833. The van der Waals surface area contributed by atoms with Crippen molar-refractivity contribution in [3.05, 3.63) is 53.5 Å². The Balaban J connectivity index is 2.00. The molecule has 0 aliphatic carbocycles. The van der Waals surface area contributed by atoms with E-state index in [1.807, 2.05) is 18.2 Å². The van der Waals surface area contributed by atoms with Crippen LogP contribution in [0.5, 0.6) is 5.75 Å². The van der Waals surface area contributed by atoms with E-state index >= 15 is 0 Å². The molecule has 5 nitrogen and oxygen atoms in total. The van der Waals surface area contributed by atoms with Crippen LogP contribution < -0.4 is 10.5 Å². The quantitative estimate of drug-likeness (QED) is 0.616. The second kappa shape index (κ2) is 6.06. The molecule has 0 radical (unpaired) electrons. The van der Waals surface area contributed by atoms with Crippen molar-refractivity contribution in [2.45, 2.75) is 13.2 Å². The zero-order valence-electron chi connectivity index (χ0n) is 10.7. The van der Waals surface area contributed by atoms with E-state index in [9.17, 15) is 0 Å². The Kier molecular flexibility index (Phi) is 4.20. The summed E-state index contributed by atoms with van der Waals surface area (Å²) in [6, 6.07) is 9.13. The Bertz CT molecular complexity index is 550. The molecule has 0 amide bonds. The second-order valence-electron chi connectivity index (χ2n) is 4.02. The summed E-state index contributed by atoms with van der Waals surface area (Å²) in [5.74, 6) is 1.34. The second-order valence-corrected chi connectivity index (χ2v) is 4.02. The van der Waals surface area contributed by atoms with Gasteiger partial charge in [0.25, 0.3) is 0 Å². The van der Waals surface area contributed by atoms with Gasteiger partial charge in [0, 0.05) is 0 Å². The van der Waals surface area contributed by atoms with Crippen LogP contribution in [0, 0.1) is 5.41 Å². The highest BCUT2D eigenvalue weighted by Gasteiger charge is 2.07. The molecule has 0 bridgehead atoms. The lowest BCUT2D eigenvalue weighted by atomic mass is 10.1. The number of amidine groups is 1. The molecule has 1 heterocycles. The van der Waals surface area contributed by atoms with Crippen LogP contribution in [0.15, 0.2) is 41.0 Å². The van der Waals surface area contributed by atoms with E-state index in [-0.39, 0.29) is 5.84 Å². The molecule has 3 N–H and O–H groups in total. The first-order valence-corrected chi connectivity index (χ1v) is 5.82. The number of methoxy groups -OCH3 is 1. The van der Waals surface area contributed by atoms with Crippen molar-refractivity contribution in [1.29, 1.82) is 5.41 Å². The Hall–Kier alpha value is -2.27. The Morgan fingerprint density at radius 3 is 2.79 bits per heavy atom. The molecule has 0 aliphatic heterocycles. The maximum absolute atomic E-state index is 7.51. The fourth-order valence-corrected chi connectivity index (χ4v) is 1.72. The van der Waals surface area contributed by atoms with Crippen molar-refractivity contribution in [3.8, 4) is 5.75 Å². The summed E-state index contributed by atoms with van der Waals surface area (Å²) in [5.41, 5.74) is 7.01. The molecule has 100 valence electrons. The van der Waals surface area contributed by atoms with E-state index in [2.05, 4.69) is 0 Å². The van der Waals surface area contributed by atoms with Crippen LogP contribution in [-0.4, -0.2) is 12.9 Å². The predicted molar refractivity (Wildman–Crippen MR) is 71.2 cm³/mol. The van der Waals surface area contributed by atoms with Crippen molar-refractivity contribution in [1.82, 2.24) is 0 Å². The minimum Gasteiger partial charge on any atom is -0.496 e. The third kappa shape index (κ3) is 3.35. The highest BCUT2D eigenvalue weighted by molar-refractivity contribution is 5.97. The first-order valence-electron chi connectivity index (χ1n) is 5.82.